The molecular formula is C21H17ClF3N7O2S. The number of benzene rings is 1. The van der Waals surface area contributed by atoms with Gasteiger partial charge in [0.05, 0.1) is 33.9 Å². The van der Waals surface area contributed by atoms with Crippen molar-refractivity contribution in [3.05, 3.63) is 62.6 Å². The summed E-state index contributed by atoms with van der Waals surface area (Å²) in [6, 6.07) is 2.37. The lowest BCUT2D eigenvalue weighted by Gasteiger charge is -2.11. The lowest BCUT2D eigenvalue weighted by molar-refractivity contribution is -0.137. The van der Waals surface area contributed by atoms with Gasteiger partial charge in [-0.25, -0.2) is 15.0 Å². The molecule has 0 aliphatic rings. The molecule has 0 aliphatic heterocycles. The van der Waals surface area contributed by atoms with Crippen LogP contribution in [0, 0.1) is 6.92 Å². The van der Waals surface area contributed by atoms with Gasteiger partial charge in [-0.05, 0) is 32.0 Å². The Labute approximate surface area is 205 Å². The average molecular weight is 524 g/mol. The van der Waals surface area contributed by atoms with Crippen LogP contribution in [0.2, 0.25) is 5.02 Å². The number of alkyl halides is 3. The van der Waals surface area contributed by atoms with Gasteiger partial charge in [-0.2, -0.15) is 18.3 Å². The summed E-state index contributed by atoms with van der Waals surface area (Å²) < 4.78 is 40.1. The highest BCUT2D eigenvalue weighted by Gasteiger charge is 2.33. The van der Waals surface area contributed by atoms with Crippen LogP contribution in [0.3, 0.4) is 0 Å². The zero-order valence-corrected chi connectivity index (χ0v) is 20.0. The normalized spacial score (nSPS) is 12.5. The molecule has 4 aromatic rings. The minimum atomic E-state index is -4.60. The molecule has 2 amide bonds. The van der Waals surface area contributed by atoms with Gasteiger partial charge in [-0.15, -0.1) is 11.3 Å². The topological polar surface area (TPSA) is 115 Å². The fourth-order valence-electron chi connectivity index (χ4n) is 3.38. The molecular weight excluding hydrogens is 507 g/mol. The molecule has 1 aromatic carbocycles. The standard InChI is InChI=1S/C21H17ClF3N7O2S/c1-9-15-16(27-8-28-17(15)32(3)31-9)19(34)29-10(2)20-26-7-14(35-20)18(33)30-11-4-5-12(13(22)6-11)21(23,24)25/h4-8,10H,1-3H3,(H,29,34)(H,30,33). The van der Waals surface area contributed by atoms with Gasteiger partial charge in [0.1, 0.15) is 21.9 Å². The Hall–Kier alpha value is -3.58. The van der Waals surface area contributed by atoms with Crippen LogP contribution in [0.1, 0.15) is 49.4 Å². The van der Waals surface area contributed by atoms with Gasteiger partial charge in [-0.3, -0.25) is 14.3 Å². The Bertz CT molecular complexity index is 1450. The maximum absolute atomic E-state index is 12.9. The van der Waals surface area contributed by atoms with Gasteiger partial charge >= 0.3 is 6.18 Å². The third-order valence-corrected chi connectivity index (χ3v) is 6.50. The molecule has 0 saturated heterocycles. The van der Waals surface area contributed by atoms with Crippen LogP contribution in [-0.4, -0.2) is 36.5 Å². The molecule has 0 fully saturated rings. The lowest BCUT2D eigenvalue weighted by atomic mass is 10.2. The van der Waals surface area contributed by atoms with E-state index in [-0.39, 0.29) is 16.3 Å². The summed E-state index contributed by atoms with van der Waals surface area (Å²) in [7, 11) is 1.72. The molecule has 3 aromatic heterocycles. The number of rotatable bonds is 5. The van der Waals surface area contributed by atoms with Gasteiger partial charge < -0.3 is 10.6 Å². The number of nitrogens with zero attached hydrogens (tertiary/aromatic N) is 5. The largest absolute Gasteiger partial charge is 0.417 e. The number of thiazole rings is 1. The molecule has 0 spiro atoms. The first kappa shape index (κ1) is 24.5. The number of aryl methyl sites for hydroxylation is 2. The van der Waals surface area contributed by atoms with Crippen molar-refractivity contribution in [1.82, 2.24) is 30.0 Å². The highest BCUT2D eigenvalue weighted by Crippen LogP contribution is 2.36. The van der Waals surface area contributed by atoms with Gasteiger partial charge in [0.2, 0.25) is 0 Å². The maximum atomic E-state index is 12.9. The number of hydrogen-bond acceptors (Lipinski definition) is 7. The van der Waals surface area contributed by atoms with Crippen molar-refractivity contribution in [3.8, 4) is 0 Å². The maximum Gasteiger partial charge on any atom is 0.417 e. The van der Waals surface area contributed by atoms with Crippen LogP contribution < -0.4 is 10.6 Å². The Balaban J connectivity index is 1.46. The summed E-state index contributed by atoms with van der Waals surface area (Å²) in [5.41, 5.74) is 0.402. The highest BCUT2D eigenvalue weighted by atomic mass is 35.5. The van der Waals surface area contributed by atoms with E-state index in [1.54, 1.807) is 25.6 Å². The second-order valence-electron chi connectivity index (χ2n) is 7.53. The zero-order valence-electron chi connectivity index (χ0n) is 18.4. The SMILES string of the molecule is Cc1nn(C)c2ncnc(C(=O)NC(C)c3ncc(C(=O)Nc4ccc(C(F)(F)F)c(Cl)c4)s3)c12. The van der Waals surface area contributed by atoms with Crippen molar-refractivity contribution in [2.45, 2.75) is 26.1 Å². The molecule has 0 bridgehead atoms. The van der Waals surface area contributed by atoms with Gasteiger partial charge in [0.25, 0.3) is 11.8 Å². The highest BCUT2D eigenvalue weighted by molar-refractivity contribution is 7.13. The number of carbonyl (C=O) groups is 2. The first-order valence-corrected chi connectivity index (χ1v) is 11.2. The number of fused-ring (bicyclic) bond motifs is 1. The van der Waals surface area contributed by atoms with Gasteiger partial charge in [-0.1, -0.05) is 11.6 Å². The van der Waals surface area contributed by atoms with E-state index in [0.717, 1.165) is 29.5 Å². The number of halogens is 4. The van der Waals surface area contributed by atoms with E-state index < -0.39 is 34.6 Å². The molecule has 1 unspecified atom stereocenters. The minimum Gasteiger partial charge on any atom is -0.342 e. The number of amides is 2. The van der Waals surface area contributed by atoms with E-state index in [9.17, 15) is 22.8 Å². The smallest absolute Gasteiger partial charge is 0.342 e. The summed E-state index contributed by atoms with van der Waals surface area (Å²) >= 11 is 6.73. The molecule has 0 saturated carbocycles. The minimum absolute atomic E-state index is 0.101. The zero-order chi connectivity index (χ0) is 25.5. The second kappa shape index (κ2) is 9.23. The first-order chi connectivity index (χ1) is 16.5. The summed E-state index contributed by atoms with van der Waals surface area (Å²) in [4.78, 5) is 38.1. The molecule has 3 heterocycles. The summed E-state index contributed by atoms with van der Waals surface area (Å²) in [5, 5.41) is 10.0. The van der Waals surface area contributed by atoms with Crippen molar-refractivity contribution in [2.24, 2.45) is 7.05 Å². The van der Waals surface area contributed by atoms with Crippen LogP contribution in [0.25, 0.3) is 11.0 Å². The molecule has 9 nitrogen and oxygen atoms in total. The van der Waals surface area contributed by atoms with E-state index >= 15 is 0 Å². The van der Waals surface area contributed by atoms with Crippen LogP contribution in [0.15, 0.2) is 30.7 Å². The fourth-order valence-corrected chi connectivity index (χ4v) is 4.49. The lowest BCUT2D eigenvalue weighted by Crippen LogP contribution is -2.27. The van der Waals surface area contributed by atoms with E-state index in [1.165, 1.54) is 12.5 Å². The molecule has 0 aliphatic carbocycles. The molecule has 1 atom stereocenters. The van der Waals surface area contributed by atoms with Gasteiger partial charge in [0, 0.05) is 12.7 Å². The number of nitrogens with one attached hydrogen (secondary N) is 2. The van der Waals surface area contributed by atoms with E-state index in [2.05, 4.69) is 30.7 Å². The number of aromatic nitrogens is 5. The predicted octanol–water partition coefficient (Wildman–Crippen LogP) is 4.54. The second-order valence-corrected chi connectivity index (χ2v) is 9.00. The Kier molecular flexibility index (Phi) is 6.47. The Morgan fingerprint density at radius 2 is 1.91 bits per heavy atom. The van der Waals surface area contributed by atoms with Gasteiger partial charge in [0.15, 0.2) is 5.65 Å². The predicted molar refractivity (Wildman–Crippen MR) is 123 cm³/mol. The van der Waals surface area contributed by atoms with Crippen LogP contribution in [0.5, 0.6) is 0 Å². The van der Waals surface area contributed by atoms with E-state index in [4.69, 9.17) is 11.6 Å². The first-order valence-electron chi connectivity index (χ1n) is 10.0. The number of carbonyl (C=O) groups excluding carboxylic acids is 2. The number of hydrogen-bond donors (Lipinski definition) is 2. The van der Waals surface area contributed by atoms with Crippen LogP contribution in [0.4, 0.5) is 18.9 Å². The van der Waals surface area contributed by atoms with Crippen molar-refractivity contribution < 1.29 is 22.8 Å². The van der Waals surface area contributed by atoms with Crippen LogP contribution in [-0.2, 0) is 13.2 Å². The van der Waals surface area contributed by atoms with E-state index in [1.807, 2.05) is 0 Å². The fraction of sp³-hybridized carbons (Fsp3) is 0.238. The monoisotopic (exact) mass is 523 g/mol. The molecule has 182 valence electrons. The molecule has 14 heteroatoms. The molecule has 4 rings (SSSR count). The quantitative estimate of drug-likeness (QED) is 0.397. The average Bonchev–Trinajstić information content (AvgIpc) is 3.38. The molecule has 0 radical (unpaired) electrons. The summed E-state index contributed by atoms with van der Waals surface area (Å²) in [6.45, 7) is 3.45. The summed E-state index contributed by atoms with van der Waals surface area (Å²) in [5.74, 6) is -1.03. The number of anilines is 1. The van der Waals surface area contributed by atoms with Crippen molar-refractivity contribution in [3.63, 3.8) is 0 Å². The van der Waals surface area contributed by atoms with E-state index in [0.29, 0.717) is 21.7 Å². The molecule has 35 heavy (non-hydrogen) atoms. The molecule has 2 N–H and O–H groups in total. The third kappa shape index (κ3) is 4.95. The third-order valence-electron chi connectivity index (χ3n) is 5.01. The van der Waals surface area contributed by atoms with Crippen molar-refractivity contribution >= 4 is 51.5 Å². The Morgan fingerprint density at radius 3 is 2.60 bits per heavy atom. The van der Waals surface area contributed by atoms with Crippen molar-refractivity contribution in [1.29, 1.82) is 0 Å². The van der Waals surface area contributed by atoms with Crippen LogP contribution >= 0.6 is 22.9 Å². The summed E-state index contributed by atoms with van der Waals surface area (Å²) in [6.07, 6.45) is -2.00. The van der Waals surface area contributed by atoms with Crippen molar-refractivity contribution in [2.75, 3.05) is 5.32 Å². The Morgan fingerprint density at radius 1 is 1.17 bits per heavy atom.